The van der Waals surface area contributed by atoms with Crippen LogP contribution in [0.15, 0.2) is 0 Å². The number of sulfonamides is 1. The molecule has 1 fully saturated rings. The van der Waals surface area contributed by atoms with Crippen LogP contribution in [-0.2, 0) is 10.0 Å². The van der Waals surface area contributed by atoms with Gasteiger partial charge in [-0.3, -0.25) is 0 Å². The monoisotopic (exact) mass is 295 g/mol. The third-order valence-corrected chi connectivity index (χ3v) is 5.56. The number of unbranched alkanes of at least 4 members (excludes halogenated alkanes) is 1. The fourth-order valence-corrected chi connectivity index (χ4v) is 4.42. The molecule has 0 saturated heterocycles. The van der Waals surface area contributed by atoms with Gasteiger partial charge in [0.25, 0.3) is 0 Å². The zero-order chi connectivity index (χ0) is 13.6. The summed E-state index contributed by atoms with van der Waals surface area (Å²) in [5, 5.41) is 0. The Kier molecular flexibility index (Phi) is 6.96. The summed E-state index contributed by atoms with van der Waals surface area (Å²) < 4.78 is 26.9. The summed E-state index contributed by atoms with van der Waals surface area (Å²) in [7, 11) is -3.13. The molecular weight excluding hydrogens is 270 g/mol. The number of halogens is 1. The van der Waals surface area contributed by atoms with Crippen molar-refractivity contribution in [2.45, 2.75) is 58.4 Å². The predicted octanol–water partition coefficient (Wildman–Crippen LogP) is 3.14. The van der Waals surface area contributed by atoms with Crippen LogP contribution in [0.25, 0.3) is 0 Å². The summed E-state index contributed by atoms with van der Waals surface area (Å²) in [6.07, 6.45) is 5.91. The van der Waals surface area contributed by atoms with Crippen molar-refractivity contribution in [1.29, 1.82) is 0 Å². The molecule has 0 aromatic carbocycles. The normalized spacial score (nSPS) is 25.6. The lowest BCUT2D eigenvalue weighted by Crippen LogP contribution is -2.44. The van der Waals surface area contributed by atoms with E-state index in [1.807, 2.05) is 0 Å². The van der Waals surface area contributed by atoms with Crippen molar-refractivity contribution in [1.82, 2.24) is 4.72 Å². The molecule has 0 aromatic rings. The Labute approximate surface area is 117 Å². The first kappa shape index (κ1) is 16.3. The molecule has 1 saturated carbocycles. The minimum absolute atomic E-state index is 0.139. The number of alkyl halides is 1. The van der Waals surface area contributed by atoms with Crippen LogP contribution in [0.1, 0.15) is 52.4 Å². The van der Waals surface area contributed by atoms with E-state index in [0.29, 0.717) is 24.1 Å². The third-order valence-electron chi connectivity index (χ3n) is 3.80. The number of nitrogens with one attached hydrogen (secondary N) is 1. The van der Waals surface area contributed by atoms with Crippen molar-refractivity contribution in [3.8, 4) is 0 Å². The first-order valence-corrected chi connectivity index (χ1v) is 9.21. The quantitative estimate of drug-likeness (QED) is 0.579. The van der Waals surface area contributed by atoms with Crippen molar-refractivity contribution in [2.24, 2.45) is 11.8 Å². The Morgan fingerprint density at radius 2 is 1.89 bits per heavy atom. The second kappa shape index (κ2) is 7.71. The largest absolute Gasteiger partial charge is 0.212 e. The summed E-state index contributed by atoms with van der Waals surface area (Å²) in [6.45, 7) is 4.37. The van der Waals surface area contributed by atoms with Gasteiger partial charge in [-0.25, -0.2) is 13.1 Å². The molecule has 3 nitrogen and oxygen atoms in total. The zero-order valence-corrected chi connectivity index (χ0v) is 13.1. The van der Waals surface area contributed by atoms with E-state index in [-0.39, 0.29) is 11.8 Å². The van der Waals surface area contributed by atoms with Gasteiger partial charge in [-0.15, -0.1) is 11.6 Å². The van der Waals surface area contributed by atoms with Crippen molar-refractivity contribution in [2.75, 3.05) is 11.6 Å². The molecule has 2 unspecified atom stereocenters. The van der Waals surface area contributed by atoms with E-state index in [1.54, 1.807) is 0 Å². The van der Waals surface area contributed by atoms with Gasteiger partial charge < -0.3 is 0 Å². The van der Waals surface area contributed by atoms with Crippen LogP contribution >= 0.6 is 11.6 Å². The molecule has 0 radical (unpaired) electrons. The lowest BCUT2D eigenvalue weighted by Gasteiger charge is -2.34. The summed E-state index contributed by atoms with van der Waals surface area (Å²) in [5.74, 6) is 1.77. The highest BCUT2D eigenvalue weighted by molar-refractivity contribution is 7.89. The molecule has 1 rings (SSSR count). The van der Waals surface area contributed by atoms with Crippen LogP contribution in [-0.4, -0.2) is 26.1 Å². The summed E-state index contributed by atoms with van der Waals surface area (Å²) in [6, 6.07) is 0.139. The molecule has 108 valence electrons. The predicted molar refractivity (Wildman–Crippen MR) is 77.5 cm³/mol. The second-order valence-electron chi connectivity index (χ2n) is 5.63. The van der Waals surface area contributed by atoms with E-state index in [0.717, 1.165) is 25.7 Å². The molecule has 0 aromatic heterocycles. The average molecular weight is 296 g/mol. The summed E-state index contributed by atoms with van der Waals surface area (Å²) in [4.78, 5) is 0. The number of rotatable bonds is 7. The maximum Gasteiger partial charge on any atom is 0.211 e. The van der Waals surface area contributed by atoms with Gasteiger partial charge in [-0.05, 0) is 37.5 Å². The number of hydrogen-bond acceptors (Lipinski definition) is 2. The minimum Gasteiger partial charge on any atom is -0.212 e. The molecule has 0 aliphatic heterocycles. The van der Waals surface area contributed by atoms with Gasteiger partial charge in [0.2, 0.25) is 10.0 Å². The average Bonchev–Trinajstić information content (AvgIpc) is 2.29. The van der Waals surface area contributed by atoms with Gasteiger partial charge in [0.15, 0.2) is 0 Å². The van der Waals surface area contributed by atoms with E-state index in [2.05, 4.69) is 18.6 Å². The molecule has 1 aliphatic rings. The van der Waals surface area contributed by atoms with E-state index >= 15 is 0 Å². The van der Waals surface area contributed by atoms with E-state index in [4.69, 9.17) is 11.6 Å². The lowest BCUT2D eigenvalue weighted by atomic mass is 9.78. The highest BCUT2D eigenvalue weighted by Crippen LogP contribution is 2.30. The molecule has 0 amide bonds. The van der Waals surface area contributed by atoms with Gasteiger partial charge in [-0.1, -0.05) is 26.7 Å². The molecule has 2 atom stereocenters. The fourth-order valence-electron chi connectivity index (χ4n) is 2.78. The smallest absolute Gasteiger partial charge is 0.211 e. The SMILES string of the molecule is CC(C)C1CCCCC1NS(=O)(=O)CCCCCl. The zero-order valence-electron chi connectivity index (χ0n) is 11.5. The van der Waals surface area contributed by atoms with Crippen molar-refractivity contribution < 1.29 is 8.42 Å². The Hall–Kier alpha value is 0.200. The Bertz CT molecular complexity index is 330. The molecule has 0 heterocycles. The van der Waals surface area contributed by atoms with Gasteiger partial charge in [-0.2, -0.15) is 0 Å². The lowest BCUT2D eigenvalue weighted by molar-refractivity contribution is 0.226. The van der Waals surface area contributed by atoms with E-state index in [9.17, 15) is 8.42 Å². The van der Waals surface area contributed by atoms with Crippen molar-refractivity contribution in [3.05, 3.63) is 0 Å². The maximum atomic E-state index is 12.0. The van der Waals surface area contributed by atoms with Crippen LogP contribution < -0.4 is 4.72 Å². The topological polar surface area (TPSA) is 46.2 Å². The van der Waals surface area contributed by atoms with Crippen molar-refractivity contribution in [3.63, 3.8) is 0 Å². The Morgan fingerprint density at radius 3 is 2.50 bits per heavy atom. The van der Waals surface area contributed by atoms with Crippen LogP contribution in [0.3, 0.4) is 0 Å². The Morgan fingerprint density at radius 1 is 1.22 bits per heavy atom. The van der Waals surface area contributed by atoms with Crippen LogP contribution in [0.2, 0.25) is 0 Å². The van der Waals surface area contributed by atoms with Gasteiger partial charge in [0.1, 0.15) is 0 Å². The first-order chi connectivity index (χ1) is 8.46. The second-order valence-corrected chi connectivity index (χ2v) is 7.88. The van der Waals surface area contributed by atoms with Crippen LogP contribution in [0.5, 0.6) is 0 Å². The Balaban J connectivity index is 2.52. The third kappa shape index (κ3) is 5.45. The molecule has 0 spiro atoms. The summed E-state index contributed by atoms with van der Waals surface area (Å²) in [5.41, 5.74) is 0. The molecule has 0 bridgehead atoms. The molecule has 18 heavy (non-hydrogen) atoms. The van der Waals surface area contributed by atoms with Gasteiger partial charge in [0, 0.05) is 11.9 Å². The fraction of sp³-hybridized carbons (Fsp3) is 1.00. The minimum atomic E-state index is -3.13. The molecular formula is C13H26ClNO2S. The summed E-state index contributed by atoms with van der Waals surface area (Å²) >= 11 is 5.57. The molecule has 1 N–H and O–H groups in total. The van der Waals surface area contributed by atoms with E-state index < -0.39 is 10.0 Å². The van der Waals surface area contributed by atoms with Crippen LogP contribution in [0, 0.1) is 11.8 Å². The molecule has 5 heteroatoms. The van der Waals surface area contributed by atoms with Crippen LogP contribution in [0.4, 0.5) is 0 Å². The maximum absolute atomic E-state index is 12.0. The highest BCUT2D eigenvalue weighted by Gasteiger charge is 2.30. The van der Waals surface area contributed by atoms with Crippen molar-refractivity contribution >= 4 is 21.6 Å². The molecule has 1 aliphatic carbocycles. The number of hydrogen-bond donors (Lipinski definition) is 1. The highest BCUT2D eigenvalue weighted by atomic mass is 35.5. The van der Waals surface area contributed by atoms with Gasteiger partial charge in [0.05, 0.1) is 5.75 Å². The standard InChI is InChI=1S/C13H26ClNO2S/c1-11(2)12-7-3-4-8-13(12)15-18(16,17)10-6-5-9-14/h11-13,15H,3-10H2,1-2H3. The first-order valence-electron chi connectivity index (χ1n) is 7.02. The van der Waals surface area contributed by atoms with Gasteiger partial charge >= 0.3 is 0 Å². The van der Waals surface area contributed by atoms with E-state index in [1.165, 1.54) is 6.42 Å².